The Morgan fingerprint density at radius 2 is 1.92 bits per heavy atom. The lowest BCUT2D eigenvalue weighted by Crippen LogP contribution is -2.42. The maximum absolute atomic E-state index is 12.0. The molecule has 0 aliphatic heterocycles. The van der Waals surface area contributed by atoms with Crippen LogP contribution in [0.25, 0.3) is 0 Å². The molecule has 138 valence electrons. The Labute approximate surface area is 162 Å². The Hall–Kier alpha value is -1.25. The first kappa shape index (κ1) is 22.8. The van der Waals surface area contributed by atoms with E-state index >= 15 is 0 Å². The molecular formula is C17H31IN4O2. The fraction of sp³-hybridized carbons (Fsp3) is 0.647. The number of carbonyl (C=O) groups is 1. The van der Waals surface area contributed by atoms with Crippen molar-refractivity contribution in [2.75, 3.05) is 26.2 Å². The van der Waals surface area contributed by atoms with E-state index in [-0.39, 0.29) is 29.9 Å². The molecule has 1 amide bonds. The quantitative estimate of drug-likeness (QED) is 0.307. The summed E-state index contributed by atoms with van der Waals surface area (Å²) in [4.78, 5) is 16.6. The first-order valence-electron chi connectivity index (χ1n) is 8.32. The lowest BCUT2D eigenvalue weighted by atomic mass is 9.92. The number of halogens is 1. The third-order valence-corrected chi connectivity index (χ3v) is 3.37. The largest absolute Gasteiger partial charge is 0.469 e. The molecule has 1 rings (SSSR count). The Morgan fingerprint density at radius 3 is 2.50 bits per heavy atom. The number of hydrogen-bond acceptors (Lipinski definition) is 3. The molecule has 1 aromatic heterocycles. The first-order valence-corrected chi connectivity index (χ1v) is 8.32. The van der Waals surface area contributed by atoms with Gasteiger partial charge >= 0.3 is 0 Å². The van der Waals surface area contributed by atoms with E-state index in [4.69, 9.17) is 4.42 Å². The molecule has 24 heavy (non-hydrogen) atoms. The molecule has 0 saturated heterocycles. The third-order valence-electron chi connectivity index (χ3n) is 3.37. The molecule has 0 atom stereocenters. The van der Waals surface area contributed by atoms with Crippen molar-refractivity contribution < 1.29 is 9.21 Å². The van der Waals surface area contributed by atoms with Crippen molar-refractivity contribution in [2.24, 2.45) is 10.4 Å². The summed E-state index contributed by atoms with van der Waals surface area (Å²) in [6, 6.07) is 3.84. The van der Waals surface area contributed by atoms with Gasteiger partial charge in [0.25, 0.3) is 0 Å². The summed E-state index contributed by atoms with van der Waals surface area (Å²) < 4.78 is 5.32. The highest BCUT2D eigenvalue weighted by molar-refractivity contribution is 14.0. The summed E-state index contributed by atoms with van der Waals surface area (Å²) in [5.41, 5.74) is -0.530. The standard InChI is InChI=1S/C17H30N4O2.HI/c1-5-10-19-16(20-11-9-14-8-7-12-23-14)21-13-17(3,4)15(22)18-6-2;/h7-8,12H,5-6,9-11,13H2,1-4H3,(H,18,22)(H2,19,20,21);1H. The molecule has 6 nitrogen and oxygen atoms in total. The summed E-state index contributed by atoms with van der Waals surface area (Å²) in [5, 5.41) is 9.41. The summed E-state index contributed by atoms with van der Waals surface area (Å²) in [5.74, 6) is 1.69. The smallest absolute Gasteiger partial charge is 0.227 e. The van der Waals surface area contributed by atoms with Crippen LogP contribution in [0.1, 0.15) is 39.9 Å². The van der Waals surface area contributed by atoms with Gasteiger partial charge in [-0.25, -0.2) is 0 Å². The van der Waals surface area contributed by atoms with Gasteiger partial charge in [0.2, 0.25) is 5.91 Å². The topological polar surface area (TPSA) is 78.7 Å². The summed E-state index contributed by atoms with van der Waals surface area (Å²) >= 11 is 0. The van der Waals surface area contributed by atoms with Gasteiger partial charge in [-0.3, -0.25) is 9.79 Å². The van der Waals surface area contributed by atoms with E-state index in [1.165, 1.54) is 0 Å². The number of carbonyl (C=O) groups excluding carboxylic acids is 1. The van der Waals surface area contributed by atoms with Crippen molar-refractivity contribution in [1.82, 2.24) is 16.0 Å². The van der Waals surface area contributed by atoms with Crippen LogP contribution in [0.5, 0.6) is 0 Å². The van der Waals surface area contributed by atoms with Gasteiger partial charge in [-0.05, 0) is 39.3 Å². The van der Waals surface area contributed by atoms with Gasteiger partial charge in [-0.2, -0.15) is 0 Å². The molecular weight excluding hydrogens is 419 g/mol. The second-order valence-electron chi connectivity index (χ2n) is 6.09. The Bertz CT molecular complexity index is 487. The van der Waals surface area contributed by atoms with Crippen LogP contribution < -0.4 is 16.0 Å². The lowest BCUT2D eigenvalue weighted by Gasteiger charge is -2.22. The summed E-state index contributed by atoms with van der Waals surface area (Å²) in [7, 11) is 0. The predicted molar refractivity (Wildman–Crippen MR) is 109 cm³/mol. The first-order chi connectivity index (χ1) is 11.0. The maximum atomic E-state index is 12.0. The van der Waals surface area contributed by atoms with Gasteiger partial charge in [-0.1, -0.05) is 6.92 Å². The minimum Gasteiger partial charge on any atom is -0.469 e. The molecule has 0 aliphatic rings. The molecule has 0 aromatic carbocycles. The van der Waals surface area contributed by atoms with Crippen LogP contribution in [-0.2, 0) is 11.2 Å². The molecule has 7 heteroatoms. The molecule has 1 heterocycles. The van der Waals surface area contributed by atoms with Crippen LogP contribution >= 0.6 is 24.0 Å². The van der Waals surface area contributed by atoms with Crippen LogP contribution in [0.3, 0.4) is 0 Å². The number of nitrogens with zero attached hydrogens (tertiary/aromatic N) is 1. The lowest BCUT2D eigenvalue weighted by molar-refractivity contribution is -0.128. The highest BCUT2D eigenvalue weighted by Crippen LogP contribution is 2.15. The van der Waals surface area contributed by atoms with Crippen molar-refractivity contribution in [3.63, 3.8) is 0 Å². The number of amides is 1. The van der Waals surface area contributed by atoms with E-state index in [9.17, 15) is 4.79 Å². The normalized spacial score (nSPS) is 11.6. The molecule has 0 fully saturated rings. The second-order valence-corrected chi connectivity index (χ2v) is 6.09. The zero-order chi connectivity index (χ0) is 17.1. The van der Waals surface area contributed by atoms with Crippen LogP contribution in [0.15, 0.2) is 27.8 Å². The minimum atomic E-state index is -0.530. The number of nitrogens with one attached hydrogen (secondary N) is 3. The number of furan rings is 1. The van der Waals surface area contributed by atoms with E-state index < -0.39 is 5.41 Å². The number of guanidine groups is 1. The molecule has 0 bridgehead atoms. The van der Waals surface area contributed by atoms with Crippen LogP contribution in [0.2, 0.25) is 0 Å². The Morgan fingerprint density at radius 1 is 1.21 bits per heavy atom. The number of rotatable bonds is 9. The maximum Gasteiger partial charge on any atom is 0.227 e. The highest BCUT2D eigenvalue weighted by atomic mass is 127. The zero-order valence-corrected chi connectivity index (χ0v) is 17.5. The highest BCUT2D eigenvalue weighted by Gasteiger charge is 2.26. The number of aliphatic imine (C=N–C) groups is 1. The summed E-state index contributed by atoms with van der Waals surface area (Å²) in [6.07, 6.45) is 3.48. The van der Waals surface area contributed by atoms with Crippen LogP contribution in [0, 0.1) is 5.41 Å². The van der Waals surface area contributed by atoms with Crippen molar-refractivity contribution in [2.45, 2.75) is 40.5 Å². The number of hydrogen-bond donors (Lipinski definition) is 3. The zero-order valence-electron chi connectivity index (χ0n) is 15.1. The van der Waals surface area contributed by atoms with Gasteiger partial charge in [0.05, 0.1) is 18.2 Å². The predicted octanol–water partition coefficient (Wildman–Crippen LogP) is 2.55. The van der Waals surface area contributed by atoms with Gasteiger partial charge < -0.3 is 20.4 Å². The van der Waals surface area contributed by atoms with Crippen molar-refractivity contribution in [1.29, 1.82) is 0 Å². The van der Waals surface area contributed by atoms with Crippen molar-refractivity contribution >= 4 is 35.8 Å². The molecule has 0 radical (unpaired) electrons. The average Bonchev–Trinajstić information content (AvgIpc) is 3.03. The molecule has 0 saturated carbocycles. The van der Waals surface area contributed by atoms with Gasteiger partial charge in [0, 0.05) is 26.1 Å². The fourth-order valence-corrected chi connectivity index (χ4v) is 1.92. The third kappa shape index (κ3) is 8.56. The Kier molecular flexibility index (Phi) is 11.5. The van der Waals surface area contributed by atoms with Gasteiger partial charge in [0.15, 0.2) is 5.96 Å². The fourth-order valence-electron chi connectivity index (χ4n) is 1.92. The molecule has 3 N–H and O–H groups in total. The monoisotopic (exact) mass is 450 g/mol. The van der Waals surface area contributed by atoms with Gasteiger partial charge in [-0.15, -0.1) is 24.0 Å². The van der Waals surface area contributed by atoms with E-state index in [1.807, 2.05) is 32.9 Å². The van der Waals surface area contributed by atoms with Crippen molar-refractivity contribution in [3.05, 3.63) is 24.2 Å². The average molecular weight is 450 g/mol. The molecule has 1 aromatic rings. The van der Waals surface area contributed by atoms with E-state index in [2.05, 4.69) is 27.9 Å². The molecule has 0 spiro atoms. The van der Waals surface area contributed by atoms with E-state index in [0.717, 1.165) is 37.7 Å². The molecule has 0 unspecified atom stereocenters. The SMILES string of the molecule is CCCNC(=NCC(C)(C)C(=O)NCC)NCCc1ccco1.I. The second kappa shape index (κ2) is 12.2. The van der Waals surface area contributed by atoms with Crippen LogP contribution in [-0.4, -0.2) is 38.0 Å². The minimum absolute atomic E-state index is 0. The Balaban J connectivity index is 0.00000529. The van der Waals surface area contributed by atoms with E-state index in [0.29, 0.717) is 13.1 Å². The molecule has 0 aliphatic carbocycles. The van der Waals surface area contributed by atoms with E-state index in [1.54, 1.807) is 6.26 Å². The summed E-state index contributed by atoms with van der Waals surface area (Å²) in [6.45, 7) is 10.5. The van der Waals surface area contributed by atoms with Crippen LogP contribution in [0.4, 0.5) is 0 Å². The van der Waals surface area contributed by atoms with Crippen molar-refractivity contribution in [3.8, 4) is 0 Å². The van der Waals surface area contributed by atoms with Gasteiger partial charge in [0.1, 0.15) is 5.76 Å².